The second-order valence-corrected chi connectivity index (χ2v) is 6.99. The molecule has 0 aliphatic rings. The number of amides is 1. The number of benzene rings is 2. The number of hydrogen-bond acceptors (Lipinski definition) is 8. The molecule has 0 aliphatic carbocycles. The molecule has 1 aromatic heterocycles. The summed E-state index contributed by atoms with van der Waals surface area (Å²) in [6, 6.07) is 10.4. The summed E-state index contributed by atoms with van der Waals surface area (Å²) in [7, 11) is 0. The summed E-state index contributed by atoms with van der Waals surface area (Å²) in [6.45, 7) is -0.550. The number of nitro groups is 1. The van der Waals surface area contributed by atoms with Crippen LogP contribution in [-0.4, -0.2) is 33.5 Å². The zero-order valence-corrected chi connectivity index (χ0v) is 17.2. The van der Waals surface area contributed by atoms with Crippen LogP contribution in [0.4, 0.5) is 11.4 Å². The lowest BCUT2D eigenvalue weighted by atomic mass is 10.2. The van der Waals surface area contributed by atoms with Crippen molar-refractivity contribution < 1.29 is 23.8 Å². The highest BCUT2D eigenvalue weighted by Crippen LogP contribution is 2.26. The number of aromatic nitrogens is 2. The fraction of sp³-hybridized carbons (Fsp3) is 0.158. The number of hydrogen-bond donors (Lipinski definition) is 1. The Morgan fingerprint density at radius 1 is 1.16 bits per heavy atom. The van der Waals surface area contributed by atoms with E-state index in [-0.39, 0.29) is 35.1 Å². The summed E-state index contributed by atoms with van der Waals surface area (Å²) in [5, 5.41) is 17.5. The van der Waals surface area contributed by atoms with Gasteiger partial charge in [0.25, 0.3) is 11.6 Å². The summed E-state index contributed by atoms with van der Waals surface area (Å²) in [5.74, 6) is -0.688. The molecule has 0 saturated carbocycles. The topological polar surface area (TPSA) is 137 Å². The lowest BCUT2D eigenvalue weighted by Gasteiger charge is -2.07. The Morgan fingerprint density at radius 3 is 2.58 bits per heavy atom. The Kier molecular flexibility index (Phi) is 7.16. The summed E-state index contributed by atoms with van der Waals surface area (Å²) in [5.41, 5.74) is 0.659. The van der Waals surface area contributed by atoms with Crippen LogP contribution in [0.5, 0.6) is 0 Å². The summed E-state index contributed by atoms with van der Waals surface area (Å²) < 4.78 is 10.00. The van der Waals surface area contributed by atoms with Gasteiger partial charge in [-0.3, -0.25) is 19.7 Å². The van der Waals surface area contributed by atoms with Gasteiger partial charge in [0.1, 0.15) is 0 Å². The van der Waals surface area contributed by atoms with Gasteiger partial charge in [-0.05, 0) is 30.3 Å². The third-order valence-corrected chi connectivity index (χ3v) is 4.48. The maximum absolute atomic E-state index is 11.9. The molecular formula is C19H14Cl2N4O6. The monoisotopic (exact) mass is 464 g/mol. The minimum Gasteiger partial charge on any atom is -0.456 e. The molecule has 0 bridgehead atoms. The first kappa shape index (κ1) is 22.2. The molecule has 2 aromatic carbocycles. The van der Waals surface area contributed by atoms with Crippen LogP contribution in [0, 0.1) is 10.1 Å². The third-order valence-electron chi connectivity index (χ3n) is 3.92. The fourth-order valence-corrected chi connectivity index (χ4v) is 2.75. The van der Waals surface area contributed by atoms with E-state index >= 15 is 0 Å². The molecule has 0 fully saturated rings. The van der Waals surface area contributed by atoms with Crippen molar-refractivity contribution in [2.45, 2.75) is 12.8 Å². The number of rotatable bonds is 8. The standard InChI is InChI=1S/C19H14Cl2N4O6/c20-12-3-1-11(2-4-12)19-23-17(31-24-19)7-8-18(27)30-10-16(26)22-15-6-5-13(25(28)29)9-14(15)21/h1-6,9H,7-8,10H2,(H,22,26). The van der Waals surface area contributed by atoms with Gasteiger partial charge in [0.15, 0.2) is 6.61 Å². The first-order valence-corrected chi connectivity index (χ1v) is 9.55. The number of carbonyl (C=O) groups excluding carboxylic acids is 2. The van der Waals surface area contributed by atoms with Crippen molar-refractivity contribution >= 4 is 46.5 Å². The van der Waals surface area contributed by atoms with Gasteiger partial charge in [0.2, 0.25) is 11.7 Å². The number of nitrogens with zero attached hydrogens (tertiary/aromatic N) is 3. The Morgan fingerprint density at radius 2 is 1.90 bits per heavy atom. The second kappa shape index (κ2) is 10.0. The average molecular weight is 465 g/mol. The van der Waals surface area contributed by atoms with Gasteiger partial charge < -0.3 is 14.6 Å². The molecule has 0 unspecified atom stereocenters. The molecule has 0 radical (unpaired) electrons. The highest BCUT2D eigenvalue weighted by molar-refractivity contribution is 6.34. The zero-order chi connectivity index (χ0) is 22.4. The van der Waals surface area contributed by atoms with E-state index in [1.54, 1.807) is 24.3 Å². The third kappa shape index (κ3) is 6.24. The van der Waals surface area contributed by atoms with Crippen molar-refractivity contribution in [2.75, 3.05) is 11.9 Å². The lowest BCUT2D eigenvalue weighted by molar-refractivity contribution is -0.384. The normalized spacial score (nSPS) is 10.5. The smallest absolute Gasteiger partial charge is 0.306 e. The van der Waals surface area contributed by atoms with Gasteiger partial charge in [0, 0.05) is 29.1 Å². The molecule has 0 aliphatic heterocycles. The van der Waals surface area contributed by atoms with Crippen LogP contribution in [0.3, 0.4) is 0 Å². The first-order valence-electron chi connectivity index (χ1n) is 8.80. The maximum atomic E-state index is 11.9. The van der Waals surface area contributed by atoms with E-state index in [1.165, 1.54) is 12.1 Å². The second-order valence-electron chi connectivity index (χ2n) is 6.15. The fourth-order valence-electron chi connectivity index (χ4n) is 2.41. The van der Waals surface area contributed by atoms with Crippen LogP contribution < -0.4 is 5.32 Å². The minimum absolute atomic E-state index is 0.0123. The van der Waals surface area contributed by atoms with E-state index in [9.17, 15) is 19.7 Å². The van der Waals surface area contributed by atoms with Crippen LogP contribution in [0.1, 0.15) is 12.3 Å². The quantitative estimate of drug-likeness (QED) is 0.299. The molecule has 10 nitrogen and oxygen atoms in total. The number of carbonyl (C=O) groups is 2. The molecule has 160 valence electrons. The van der Waals surface area contributed by atoms with E-state index in [4.69, 9.17) is 32.5 Å². The minimum atomic E-state index is -0.646. The summed E-state index contributed by atoms with van der Waals surface area (Å²) >= 11 is 11.7. The van der Waals surface area contributed by atoms with Crippen molar-refractivity contribution in [2.24, 2.45) is 0 Å². The number of aryl methyl sites for hydroxylation is 1. The van der Waals surface area contributed by atoms with Gasteiger partial charge in [0.05, 0.1) is 22.1 Å². The predicted octanol–water partition coefficient (Wildman–Crippen LogP) is 4.07. The molecule has 0 saturated heterocycles. The molecule has 1 amide bonds. The van der Waals surface area contributed by atoms with Crippen LogP contribution in [0.2, 0.25) is 10.0 Å². The van der Waals surface area contributed by atoms with Crippen LogP contribution >= 0.6 is 23.2 Å². The van der Waals surface area contributed by atoms with Crippen LogP contribution in [0.25, 0.3) is 11.4 Å². The van der Waals surface area contributed by atoms with E-state index in [2.05, 4.69) is 15.5 Å². The Hall–Kier alpha value is -3.50. The number of non-ortho nitro benzene ring substituents is 1. The van der Waals surface area contributed by atoms with E-state index in [0.29, 0.717) is 16.4 Å². The van der Waals surface area contributed by atoms with Crippen LogP contribution in [0.15, 0.2) is 47.0 Å². The Labute approximate surface area is 185 Å². The number of nitrogens with one attached hydrogen (secondary N) is 1. The number of ether oxygens (including phenoxy) is 1. The van der Waals surface area contributed by atoms with Gasteiger partial charge in [-0.15, -0.1) is 0 Å². The van der Waals surface area contributed by atoms with Gasteiger partial charge in [-0.1, -0.05) is 28.4 Å². The molecule has 3 rings (SSSR count). The number of halogens is 2. The van der Waals surface area contributed by atoms with Crippen molar-refractivity contribution in [1.29, 1.82) is 0 Å². The van der Waals surface area contributed by atoms with Crippen LogP contribution in [-0.2, 0) is 20.7 Å². The van der Waals surface area contributed by atoms with Crippen molar-refractivity contribution in [3.05, 3.63) is 68.5 Å². The average Bonchev–Trinajstić information content (AvgIpc) is 3.21. The number of anilines is 1. The van der Waals surface area contributed by atoms with E-state index in [0.717, 1.165) is 6.07 Å². The maximum Gasteiger partial charge on any atom is 0.306 e. The van der Waals surface area contributed by atoms with Gasteiger partial charge in [-0.2, -0.15) is 4.98 Å². The van der Waals surface area contributed by atoms with Gasteiger partial charge in [-0.25, -0.2) is 0 Å². The van der Waals surface area contributed by atoms with Crippen molar-refractivity contribution in [3.8, 4) is 11.4 Å². The molecule has 1 N–H and O–H groups in total. The SMILES string of the molecule is O=C(COC(=O)CCc1nc(-c2ccc(Cl)cc2)no1)Nc1ccc([N+](=O)[O-])cc1Cl. The van der Waals surface area contributed by atoms with E-state index < -0.39 is 23.4 Å². The van der Waals surface area contributed by atoms with E-state index in [1.807, 2.05) is 0 Å². The predicted molar refractivity (Wildman–Crippen MR) is 111 cm³/mol. The molecular weight excluding hydrogens is 451 g/mol. The molecule has 31 heavy (non-hydrogen) atoms. The zero-order valence-electron chi connectivity index (χ0n) is 15.7. The highest BCUT2D eigenvalue weighted by atomic mass is 35.5. The first-order chi connectivity index (χ1) is 14.8. The Balaban J connectivity index is 1.44. The highest BCUT2D eigenvalue weighted by Gasteiger charge is 2.15. The number of nitro benzene ring substituents is 1. The molecule has 0 spiro atoms. The Bertz CT molecular complexity index is 1120. The molecule has 3 aromatic rings. The van der Waals surface area contributed by atoms with Gasteiger partial charge >= 0.3 is 5.97 Å². The van der Waals surface area contributed by atoms with Crippen molar-refractivity contribution in [3.63, 3.8) is 0 Å². The number of esters is 1. The molecule has 0 atom stereocenters. The largest absolute Gasteiger partial charge is 0.456 e. The van der Waals surface area contributed by atoms with Crippen molar-refractivity contribution in [1.82, 2.24) is 10.1 Å². The summed E-state index contributed by atoms with van der Waals surface area (Å²) in [6.07, 6.45) is 0.0586. The molecule has 1 heterocycles. The summed E-state index contributed by atoms with van der Waals surface area (Å²) in [4.78, 5) is 38.1. The lowest BCUT2D eigenvalue weighted by Crippen LogP contribution is -2.21. The molecule has 12 heteroatoms.